The summed E-state index contributed by atoms with van der Waals surface area (Å²) in [6.45, 7) is 5.18. The molecule has 2 nitrogen and oxygen atoms in total. The molecule has 1 saturated heterocycles. The topological polar surface area (TPSA) is 21.3 Å². The van der Waals surface area contributed by atoms with Gasteiger partial charge in [-0.2, -0.15) is 11.8 Å². The number of nitrogens with one attached hydrogen (secondary N) is 1. The third kappa shape index (κ3) is 4.20. The van der Waals surface area contributed by atoms with Crippen LogP contribution < -0.4 is 5.32 Å². The van der Waals surface area contributed by atoms with E-state index in [2.05, 4.69) is 18.5 Å². The number of thioether (sulfide) groups is 1. The van der Waals surface area contributed by atoms with Gasteiger partial charge in [0.1, 0.15) is 0 Å². The minimum Gasteiger partial charge on any atom is -0.381 e. The average molecular weight is 217 g/mol. The fraction of sp³-hybridized carbons (Fsp3) is 1.00. The summed E-state index contributed by atoms with van der Waals surface area (Å²) in [5.74, 6) is 2.03. The fourth-order valence-electron chi connectivity index (χ4n) is 2.10. The van der Waals surface area contributed by atoms with Crippen LogP contribution in [0.15, 0.2) is 0 Å². The van der Waals surface area contributed by atoms with Crippen molar-refractivity contribution in [3.63, 3.8) is 0 Å². The summed E-state index contributed by atoms with van der Waals surface area (Å²) in [5.41, 5.74) is 0. The fourth-order valence-corrected chi connectivity index (χ4v) is 2.56. The van der Waals surface area contributed by atoms with Crippen molar-refractivity contribution in [3.8, 4) is 0 Å². The maximum absolute atomic E-state index is 5.54. The number of rotatable bonds is 6. The molecule has 0 saturated carbocycles. The van der Waals surface area contributed by atoms with Gasteiger partial charge in [0.15, 0.2) is 0 Å². The standard InChI is InChI=1S/C11H23NOS/c1-3-12-11-6-7-13-9-10(11)5-4-8-14-2/h10-12H,3-9H2,1-2H3. The van der Waals surface area contributed by atoms with Crippen molar-refractivity contribution in [2.75, 3.05) is 31.8 Å². The van der Waals surface area contributed by atoms with E-state index in [0.29, 0.717) is 6.04 Å². The van der Waals surface area contributed by atoms with E-state index in [4.69, 9.17) is 4.74 Å². The van der Waals surface area contributed by atoms with Crippen LogP contribution in [0.25, 0.3) is 0 Å². The summed E-state index contributed by atoms with van der Waals surface area (Å²) in [7, 11) is 0. The van der Waals surface area contributed by atoms with Crippen LogP contribution in [-0.4, -0.2) is 37.8 Å². The molecule has 1 fully saturated rings. The van der Waals surface area contributed by atoms with Crippen LogP contribution in [0.4, 0.5) is 0 Å². The summed E-state index contributed by atoms with van der Waals surface area (Å²) in [6.07, 6.45) is 6.02. The average Bonchev–Trinajstić information content (AvgIpc) is 2.21. The quantitative estimate of drug-likeness (QED) is 0.689. The van der Waals surface area contributed by atoms with Gasteiger partial charge in [-0.05, 0) is 43.7 Å². The summed E-state index contributed by atoms with van der Waals surface area (Å²) >= 11 is 1.94. The molecule has 0 aromatic carbocycles. The Bertz CT molecular complexity index is 141. The van der Waals surface area contributed by atoms with Gasteiger partial charge >= 0.3 is 0 Å². The predicted octanol–water partition coefficient (Wildman–Crippen LogP) is 2.14. The Labute approximate surface area is 92.2 Å². The molecule has 3 heteroatoms. The van der Waals surface area contributed by atoms with E-state index in [1.54, 1.807) is 0 Å². The maximum Gasteiger partial charge on any atom is 0.0509 e. The maximum atomic E-state index is 5.54. The van der Waals surface area contributed by atoms with E-state index in [1.807, 2.05) is 11.8 Å². The van der Waals surface area contributed by atoms with Crippen molar-refractivity contribution in [2.24, 2.45) is 5.92 Å². The molecule has 14 heavy (non-hydrogen) atoms. The third-order valence-corrected chi connectivity index (χ3v) is 3.56. The second kappa shape index (κ2) is 7.55. The van der Waals surface area contributed by atoms with Gasteiger partial charge in [0, 0.05) is 12.6 Å². The van der Waals surface area contributed by atoms with Crippen molar-refractivity contribution < 1.29 is 4.74 Å². The highest BCUT2D eigenvalue weighted by atomic mass is 32.2. The number of hydrogen-bond donors (Lipinski definition) is 1. The summed E-state index contributed by atoms with van der Waals surface area (Å²) in [6, 6.07) is 0.704. The Morgan fingerprint density at radius 2 is 2.36 bits per heavy atom. The molecule has 2 atom stereocenters. The smallest absolute Gasteiger partial charge is 0.0509 e. The molecule has 1 rings (SSSR count). The molecule has 0 amide bonds. The Hall–Kier alpha value is 0.270. The lowest BCUT2D eigenvalue weighted by Crippen LogP contribution is -2.42. The highest BCUT2D eigenvalue weighted by Gasteiger charge is 2.24. The van der Waals surface area contributed by atoms with Crippen LogP contribution in [0, 0.1) is 5.92 Å². The highest BCUT2D eigenvalue weighted by molar-refractivity contribution is 7.98. The monoisotopic (exact) mass is 217 g/mol. The third-order valence-electron chi connectivity index (χ3n) is 2.86. The van der Waals surface area contributed by atoms with Gasteiger partial charge in [-0.3, -0.25) is 0 Å². The lowest BCUT2D eigenvalue weighted by atomic mass is 9.91. The molecule has 0 radical (unpaired) electrons. The van der Waals surface area contributed by atoms with Crippen LogP contribution >= 0.6 is 11.8 Å². The van der Waals surface area contributed by atoms with Crippen molar-refractivity contribution in [1.29, 1.82) is 0 Å². The molecule has 0 bridgehead atoms. The molecule has 0 spiro atoms. The normalized spacial score (nSPS) is 27.9. The SMILES string of the molecule is CCNC1CCOCC1CCCSC. The predicted molar refractivity (Wildman–Crippen MR) is 64.0 cm³/mol. The first-order valence-corrected chi connectivity index (χ1v) is 7.08. The first-order chi connectivity index (χ1) is 6.88. The van der Waals surface area contributed by atoms with Gasteiger partial charge in [-0.25, -0.2) is 0 Å². The molecule has 1 N–H and O–H groups in total. The van der Waals surface area contributed by atoms with Crippen LogP contribution in [0.3, 0.4) is 0 Å². The van der Waals surface area contributed by atoms with Gasteiger partial charge in [0.05, 0.1) is 6.61 Å². The van der Waals surface area contributed by atoms with Gasteiger partial charge < -0.3 is 10.1 Å². The first-order valence-electron chi connectivity index (χ1n) is 5.68. The van der Waals surface area contributed by atoms with E-state index in [0.717, 1.165) is 25.7 Å². The van der Waals surface area contributed by atoms with Crippen LogP contribution in [-0.2, 0) is 4.74 Å². The molecule has 0 aromatic heterocycles. The van der Waals surface area contributed by atoms with E-state index in [-0.39, 0.29) is 0 Å². The van der Waals surface area contributed by atoms with Gasteiger partial charge in [-0.15, -0.1) is 0 Å². The number of ether oxygens (including phenoxy) is 1. The second-order valence-electron chi connectivity index (χ2n) is 3.92. The molecule has 1 aliphatic rings. The molecule has 0 aliphatic carbocycles. The summed E-state index contributed by atoms with van der Waals surface area (Å²) < 4.78 is 5.54. The van der Waals surface area contributed by atoms with Crippen LogP contribution in [0.5, 0.6) is 0 Å². The molecular formula is C11H23NOS. The summed E-state index contributed by atoms with van der Waals surface area (Å²) in [5, 5.41) is 3.57. The van der Waals surface area contributed by atoms with E-state index in [9.17, 15) is 0 Å². The molecule has 0 aromatic rings. The molecule has 1 heterocycles. The van der Waals surface area contributed by atoms with Crippen molar-refractivity contribution in [2.45, 2.75) is 32.2 Å². The van der Waals surface area contributed by atoms with Gasteiger partial charge in [0.2, 0.25) is 0 Å². The summed E-state index contributed by atoms with van der Waals surface area (Å²) in [4.78, 5) is 0. The zero-order valence-corrected chi connectivity index (χ0v) is 10.2. The zero-order valence-electron chi connectivity index (χ0n) is 9.42. The minimum atomic E-state index is 0.704. The van der Waals surface area contributed by atoms with Crippen molar-refractivity contribution >= 4 is 11.8 Å². The lowest BCUT2D eigenvalue weighted by molar-refractivity contribution is 0.0291. The molecule has 84 valence electrons. The van der Waals surface area contributed by atoms with Gasteiger partial charge in [-0.1, -0.05) is 6.92 Å². The Morgan fingerprint density at radius 1 is 1.50 bits per heavy atom. The molecular weight excluding hydrogens is 194 g/mol. The van der Waals surface area contributed by atoms with Crippen LogP contribution in [0.2, 0.25) is 0 Å². The Kier molecular flexibility index (Phi) is 6.65. The van der Waals surface area contributed by atoms with Crippen molar-refractivity contribution in [1.82, 2.24) is 5.32 Å². The minimum absolute atomic E-state index is 0.704. The zero-order chi connectivity index (χ0) is 10.2. The first kappa shape index (κ1) is 12.3. The largest absolute Gasteiger partial charge is 0.381 e. The van der Waals surface area contributed by atoms with Gasteiger partial charge in [0.25, 0.3) is 0 Å². The highest BCUT2D eigenvalue weighted by Crippen LogP contribution is 2.20. The molecule has 1 aliphatic heterocycles. The van der Waals surface area contributed by atoms with E-state index < -0.39 is 0 Å². The Morgan fingerprint density at radius 3 is 3.07 bits per heavy atom. The van der Waals surface area contributed by atoms with Crippen molar-refractivity contribution in [3.05, 3.63) is 0 Å². The molecule has 2 unspecified atom stereocenters. The van der Waals surface area contributed by atoms with Crippen LogP contribution in [0.1, 0.15) is 26.2 Å². The van der Waals surface area contributed by atoms with E-state index in [1.165, 1.54) is 25.0 Å². The number of hydrogen-bond acceptors (Lipinski definition) is 3. The lowest BCUT2D eigenvalue weighted by Gasteiger charge is -2.32. The van der Waals surface area contributed by atoms with E-state index >= 15 is 0 Å². The second-order valence-corrected chi connectivity index (χ2v) is 4.91. The Balaban J connectivity index is 2.22.